The van der Waals surface area contributed by atoms with Gasteiger partial charge in [0.05, 0.1) is 33.4 Å². The molecule has 0 bridgehead atoms. The molecule has 36 heavy (non-hydrogen) atoms. The van der Waals surface area contributed by atoms with Crippen molar-refractivity contribution < 1.29 is 18.0 Å². The Balaban J connectivity index is 1.61. The van der Waals surface area contributed by atoms with Gasteiger partial charge in [-0.25, -0.2) is 0 Å². The van der Waals surface area contributed by atoms with Crippen molar-refractivity contribution >= 4 is 56.8 Å². The fourth-order valence-corrected chi connectivity index (χ4v) is 4.79. The van der Waals surface area contributed by atoms with E-state index in [0.717, 1.165) is 22.2 Å². The van der Waals surface area contributed by atoms with Gasteiger partial charge in [0.25, 0.3) is 5.91 Å². The normalized spacial score (nSPS) is 11.5. The molecule has 0 aliphatic carbocycles. The molecule has 12 heteroatoms. The fourth-order valence-electron chi connectivity index (χ4n) is 3.30. The highest BCUT2D eigenvalue weighted by Gasteiger charge is 2.34. The fraction of sp³-hybridized carbons (Fsp3) is 0.125. The van der Waals surface area contributed by atoms with E-state index in [1.807, 2.05) is 24.3 Å². The summed E-state index contributed by atoms with van der Waals surface area (Å²) in [5.74, 6) is 0.0122. The van der Waals surface area contributed by atoms with E-state index in [4.69, 9.17) is 23.2 Å². The predicted octanol–water partition coefficient (Wildman–Crippen LogP) is 7.58. The Labute approximate surface area is 227 Å². The summed E-state index contributed by atoms with van der Waals surface area (Å²) in [6.45, 7) is -0.170. The van der Waals surface area contributed by atoms with Gasteiger partial charge in [0.1, 0.15) is 0 Å². The lowest BCUT2D eigenvalue weighted by molar-refractivity contribution is -0.137. The number of carbonyl (C=O) groups excluding carboxylic acids is 1. The van der Waals surface area contributed by atoms with Crippen LogP contribution < -0.4 is 5.32 Å². The molecule has 3 aromatic carbocycles. The smallest absolute Gasteiger partial charge is 0.345 e. The minimum atomic E-state index is -4.66. The summed E-state index contributed by atoms with van der Waals surface area (Å²) in [6.07, 6.45) is -4.66. The van der Waals surface area contributed by atoms with Crippen molar-refractivity contribution in [1.82, 2.24) is 20.1 Å². The maximum Gasteiger partial charge on any atom is 0.417 e. The molecule has 0 aliphatic rings. The first-order valence-electron chi connectivity index (χ1n) is 10.3. The summed E-state index contributed by atoms with van der Waals surface area (Å²) in [5, 5.41) is 12.1. The molecule has 0 aliphatic heterocycles. The Morgan fingerprint density at radius 1 is 1.00 bits per heavy atom. The monoisotopic (exact) mass is 614 g/mol. The van der Waals surface area contributed by atoms with Gasteiger partial charge in [-0.05, 0) is 48.0 Å². The van der Waals surface area contributed by atoms with Gasteiger partial charge in [-0.1, -0.05) is 75.2 Å². The average Bonchev–Trinajstić information content (AvgIpc) is 3.26. The predicted molar refractivity (Wildman–Crippen MR) is 138 cm³/mol. The third kappa shape index (κ3) is 6.23. The Morgan fingerprint density at radius 2 is 1.72 bits per heavy atom. The Kier molecular flexibility index (Phi) is 8.29. The summed E-state index contributed by atoms with van der Waals surface area (Å²) in [6, 6.07) is 17.3. The van der Waals surface area contributed by atoms with Crippen molar-refractivity contribution in [2.45, 2.75) is 23.6 Å². The molecule has 1 N–H and O–H groups in total. The standard InChI is InChI=1S/C24H16BrCl2F3N4OS/c25-15-7-5-14(6-8-15)13-36-23-33-32-21(34(23)16-9-10-19(26)20(27)11-16)12-31-22(35)17-3-1-2-4-18(17)24(28,29)30/h1-11H,12-13H2,(H,31,35). The highest BCUT2D eigenvalue weighted by molar-refractivity contribution is 9.10. The molecular weight excluding hydrogens is 600 g/mol. The van der Waals surface area contributed by atoms with Gasteiger partial charge in [0.2, 0.25) is 0 Å². The quantitative estimate of drug-likeness (QED) is 0.218. The molecule has 0 spiro atoms. The van der Waals surface area contributed by atoms with Crippen LogP contribution in [0.1, 0.15) is 27.3 Å². The number of benzene rings is 3. The molecule has 0 fully saturated rings. The Bertz CT molecular complexity index is 1400. The van der Waals surface area contributed by atoms with Crippen LogP contribution in [0.3, 0.4) is 0 Å². The Hall–Kier alpha value is -2.53. The molecule has 4 aromatic rings. The molecular formula is C24H16BrCl2F3N4OS. The van der Waals surface area contributed by atoms with E-state index >= 15 is 0 Å². The van der Waals surface area contributed by atoms with Gasteiger partial charge in [-0.3, -0.25) is 9.36 Å². The van der Waals surface area contributed by atoms with E-state index in [-0.39, 0.29) is 6.54 Å². The molecule has 0 radical (unpaired) electrons. The minimum absolute atomic E-state index is 0.170. The van der Waals surface area contributed by atoms with Crippen LogP contribution in [0.5, 0.6) is 0 Å². The number of alkyl halides is 3. The molecule has 0 atom stereocenters. The number of amides is 1. The van der Waals surface area contributed by atoms with Gasteiger partial charge in [-0.2, -0.15) is 13.2 Å². The molecule has 5 nitrogen and oxygen atoms in total. The zero-order chi connectivity index (χ0) is 25.9. The third-order valence-corrected chi connectivity index (χ3v) is 7.29. The number of rotatable bonds is 7. The van der Waals surface area contributed by atoms with Gasteiger partial charge in [-0.15, -0.1) is 10.2 Å². The van der Waals surface area contributed by atoms with E-state index in [1.54, 1.807) is 22.8 Å². The highest BCUT2D eigenvalue weighted by atomic mass is 79.9. The number of nitrogens with one attached hydrogen (secondary N) is 1. The third-order valence-electron chi connectivity index (χ3n) is 5.03. The second-order valence-corrected chi connectivity index (χ2v) is 10.1. The molecule has 186 valence electrons. The van der Waals surface area contributed by atoms with Crippen LogP contribution in [0.15, 0.2) is 76.4 Å². The number of hydrogen-bond donors (Lipinski definition) is 1. The van der Waals surface area contributed by atoms with Crippen LogP contribution in [-0.4, -0.2) is 20.7 Å². The van der Waals surface area contributed by atoms with Crippen molar-refractivity contribution in [2.75, 3.05) is 0 Å². The van der Waals surface area contributed by atoms with E-state index in [9.17, 15) is 18.0 Å². The minimum Gasteiger partial charge on any atom is -0.345 e. The first-order valence-corrected chi connectivity index (χ1v) is 12.9. The molecule has 1 amide bonds. The van der Waals surface area contributed by atoms with Crippen LogP contribution in [0.25, 0.3) is 5.69 Å². The van der Waals surface area contributed by atoms with Gasteiger partial charge in [0.15, 0.2) is 11.0 Å². The lowest BCUT2D eigenvalue weighted by Crippen LogP contribution is -2.27. The highest BCUT2D eigenvalue weighted by Crippen LogP contribution is 2.32. The summed E-state index contributed by atoms with van der Waals surface area (Å²) in [4.78, 5) is 12.7. The Morgan fingerprint density at radius 3 is 2.42 bits per heavy atom. The number of thioether (sulfide) groups is 1. The molecule has 0 unspecified atom stereocenters. The number of hydrogen-bond acceptors (Lipinski definition) is 4. The van der Waals surface area contributed by atoms with Gasteiger partial charge >= 0.3 is 6.18 Å². The number of nitrogens with zero attached hydrogens (tertiary/aromatic N) is 3. The van der Waals surface area contributed by atoms with E-state index in [2.05, 4.69) is 31.4 Å². The SMILES string of the molecule is O=C(NCc1nnc(SCc2ccc(Br)cc2)n1-c1ccc(Cl)c(Cl)c1)c1ccccc1C(F)(F)F. The number of halogens is 6. The van der Waals surface area contributed by atoms with Crippen molar-refractivity contribution in [3.05, 3.63) is 104 Å². The number of aromatic nitrogens is 3. The maximum atomic E-state index is 13.3. The summed E-state index contributed by atoms with van der Waals surface area (Å²) in [5.41, 5.74) is 0.146. The van der Waals surface area contributed by atoms with E-state index in [0.29, 0.717) is 32.5 Å². The first kappa shape index (κ1) is 26.5. The second kappa shape index (κ2) is 11.2. The van der Waals surface area contributed by atoms with Crippen molar-refractivity contribution in [3.63, 3.8) is 0 Å². The average molecular weight is 616 g/mol. The van der Waals surface area contributed by atoms with Crippen LogP contribution >= 0.6 is 50.9 Å². The van der Waals surface area contributed by atoms with E-state index < -0.39 is 23.2 Å². The van der Waals surface area contributed by atoms with Gasteiger partial charge in [0, 0.05) is 10.2 Å². The summed E-state index contributed by atoms with van der Waals surface area (Å²) < 4.78 is 42.7. The second-order valence-electron chi connectivity index (χ2n) is 7.47. The molecule has 0 saturated carbocycles. The number of carbonyl (C=O) groups is 1. The summed E-state index contributed by atoms with van der Waals surface area (Å²) in [7, 11) is 0. The first-order chi connectivity index (χ1) is 17.1. The molecule has 4 rings (SSSR count). The lowest BCUT2D eigenvalue weighted by Gasteiger charge is -2.14. The van der Waals surface area contributed by atoms with E-state index in [1.165, 1.54) is 23.9 Å². The maximum absolute atomic E-state index is 13.3. The topological polar surface area (TPSA) is 59.8 Å². The van der Waals surface area contributed by atoms with Crippen molar-refractivity contribution in [2.24, 2.45) is 0 Å². The van der Waals surface area contributed by atoms with Crippen LogP contribution in [0, 0.1) is 0 Å². The molecule has 1 aromatic heterocycles. The molecule has 1 heterocycles. The van der Waals surface area contributed by atoms with Gasteiger partial charge < -0.3 is 5.32 Å². The largest absolute Gasteiger partial charge is 0.417 e. The van der Waals surface area contributed by atoms with Crippen molar-refractivity contribution in [3.8, 4) is 5.69 Å². The zero-order valence-electron chi connectivity index (χ0n) is 18.2. The van der Waals surface area contributed by atoms with Crippen LogP contribution in [-0.2, 0) is 18.5 Å². The summed E-state index contributed by atoms with van der Waals surface area (Å²) >= 11 is 17.1. The van der Waals surface area contributed by atoms with Crippen LogP contribution in [0.4, 0.5) is 13.2 Å². The van der Waals surface area contributed by atoms with Crippen LogP contribution in [0.2, 0.25) is 10.0 Å². The molecule has 0 saturated heterocycles. The lowest BCUT2D eigenvalue weighted by atomic mass is 10.1. The zero-order valence-corrected chi connectivity index (χ0v) is 22.1. The van der Waals surface area contributed by atoms with Crippen molar-refractivity contribution in [1.29, 1.82) is 0 Å².